The third-order valence-electron chi connectivity index (χ3n) is 2.84. The van der Waals surface area contributed by atoms with Gasteiger partial charge in [-0.25, -0.2) is 4.79 Å². The molecule has 132 valence electrons. The molecule has 0 radical (unpaired) electrons. The number of benzene rings is 1. The quantitative estimate of drug-likeness (QED) is 0.871. The number of carbonyl (C=O) groups excluding carboxylic acids is 1. The van der Waals surface area contributed by atoms with Crippen molar-refractivity contribution < 1.29 is 19.7 Å². The van der Waals surface area contributed by atoms with E-state index in [9.17, 15) is 9.90 Å². The molecule has 1 aromatic carbocycles. The SMILES string of the molecule is CC.Cc1cccc(C(O)CN(CCO)C(=O)OC(C)(C)C)c1. The highest BCUT2D eigenvalue weighted by Gasteiger charge is 2.24. The Bertz CT molecular complexity index is 468. The summed E-state index contributed by atoms with van der Waals surface area (Å²) in [5.41, 5.74) is 1.16. The fourth-order valence-electron chi connectivity index (χ4n) is 1.90. The van der Waals surface area contributed by atoms with Gasteiger partial charge in [-0.15, -0.1) is 0 Å². The van der Waals surface area contributed by atoms with E-state index in [1.54, 1.807) is 20.8 Å². The van der Waals surface area contributed by atoms with Crippen molar-refractivity contribution in [1.82, 2.24) is 4.90 Å². The summed E-state index contributed by atoms with van der Waals surface area (Å²) in [5, 5.41) is 19.3. The van der Waals surface area contributed by atoms with E-state index in [1.165, 1.54) is 4.90 Å². The van der Waals surface area contributed by atoms with Gasteiger partial charge < -0.3 is 19.8 Å². The van der Waals surface area contributed by atoms with Crippen molar-refractivity contribution in [3.8, 4) is 0 Å². The minimum Gasteiger partial charge on any atom is -0.444 e. The largest absolute Gasteiger partial charge is 0.444 e. The Balaban J connectivity index is 0.00000232. The predicted molar refractivity (Wildman–Crippen MR) is 92.4 cm³/mol. The van der Waals surface area contributed by atoms with Crippen molar-refractivity contribution in [2.75, 3.05) is 19.7 Å². The lowest BCUT2D eigenvalue weighted by Crippen LogP contribution is -2.40. The molecule has 1 unspecified atom stereocenters. The first-order valence-electron chi connectivity index (χ1n) is 8.06. The Hall–Kier alpha value is -1.59. The van der Waals surface area contributed by atoms with Crippen LogP contribution in [0.15, 0.2) is 24.3 Å². The number of aryl methyl sites for hydroxylation is 1. The molecule has 1 atom stereocenters. The summed E-state index contributed by atoms with van der Waals surface area (Å²) in [5.74, 6) is 0. The molecule has 0 saturated heterocycles. The van der Waals surface area contributed by atoms with Crippen molar-refractivity contribution >= 4 is 6.09 Å². The molecule has 23 heavy (non-hydrogen) atoms. The molecule has 0 bridgehead atoms. The zero-order chi connectivity index (χ0) is 18.0. The summed E-state index contributed by atoms with van der Waals surface area (Å²) in [6, 6.07) is 7.48. The Morgan fingerprint density at radius 1 is 1.30 bits per heavy atom. The number of hydrogen-bond acceptors (Lipinski definition) is 4. The number of hydrogen-bond donors (Lipinski definition) is 2. The van der Waals surface area contributed by atoms with E-state index in [0.29, 0.717) is 0 Å². The van der Waals surface area contributed by atoms with Gasteiger partial charge in [0, 0.05) is 6.54 Å². The molecule has 1 amide bonds. The smallest absolute Gasteiger partial charge is 0.410 e. The standard InChI is InChI=1S/C16H25NO4.C2H6/c1-12-6-5-7-13(10-12)14(19)11-17(8-9-18)15(20)21-16(2,3)4;1-2/h5-7,10,14,18-19H,8-9,11H2,1-4H3;1-2H3. The molecule has 0 saturated carbocycles. The molecule has 5 nitrogen and oxygen atoms in total. The van der Waals surface area contributed by atoms with Crippen LogP contribution in [0.3, 0.4) is 0 Å². The Morgan fingerprint density at radius 2 is 1.91 bits per heavy atom. The molecule has 1 rings (SSSR count). The first-order chi connectivity index (χ1) is 10.7. The summed E-state index contributed by atoms with van der Waals surface area (Å²) in [6.45, 7) is 11.3. The number of rotatable bonds is 5. The molecule has 1 aromatic rings. The van der Waals surface area contributed by atoms with Gasteiger partial charge in [0.05, 0.1) is 19.3 Å². The van der Waals surface area contributed by atoms with Crippen LogP contribution in [0.25, 0.3) is 0 Å². The van der Waals surface area contributed by atoms with Gasteiger partial charge in [0.15, 0.2) is 0 Å². The first kappa shape index (κ1) is 21.4. The number of amides is 1. The Morgan fingerprint density at radius 3 is 2.39 bits per heavy atom. The number of aliphatic hydroxyl groups excluding tert-OH is 2. The predicted octanol–water partition coefficient (Wildman–Crippen LogP) is 3.28. The van der Waals surface area contributed by atoms with Crippen LogP contribution >= 0.6 is 0 Å². The van der Waals surface area contributed by atoms with E-state index in [2.05, 4.69) is 0 Å². The first-order valence-corrected chi connectivity index (χ1v) is 8.06. The van der Waals surface area contributed by atoms with Crippen molar-refractivity contribution in [1.29, 1.82) is 0 Å². The van der Waals surface area contributed by atoms with Crippen LogP contribution in [0.5, 0.6) is 0 Å². The average molecular weight is 325 g/mol. The monoisotopic (exact) mass is 325 g/mol. The topological polar surface area (TPSA) is 70.0 Å². The maximum Gasteiger partial charge on any atom is 0.410 e. The summed E-state index contributed by atoms with van der Waals surface area (Å²) >= 11 is 0. The second kappa shape index (κ2) is 10.2. The summed E-state index contributed by atoms with van der Waals surface area (Å²) < 4.78 is 5.28. The highest BCUT2D eigenvalue weighted by molar-refractivity contribution is 5.68. The van der Waals surface area contributed by atoms with Crippen LogP contribution in [-0.4, -0.2) is 46.5 Å². The summed E-state index contributed by atoms with van der Waals surface area (Å²) in [7, 11) is 0. The van der Waals surface area contributed by atoms with Gasteiger partial charge in [0.1, 0.15) is 5.60 Å². The summed E-state index contributed by atoms with van der Waals surface area (Å²) in [4.78, 5) is 13.4. The van der Waals surface area contributed by atoms with Crippen LogP contribution in [0.2, 0.25) is 0 Å². The third kappa shape index (κ3) is 8.57. The van der Waals surface area contributed by atoms with Crippen molar-refractivity contribution in [2.45, 2.75) is 53.2 Å². The number of aliphatic hydroxyl groups is 2. The molecule has 5 heteroatoms. The fourth-order valence-corrected chi connectivity index (χ4v) is 1.90. The van der Waals surface area contributed by atoms with Crippen LogP contribution < -0.4 is 0 Å². The normalized spacial score (nSPS) is 12.0. The fraction of sp³-hybridized carbons (Fsp3) is 0.611. The molecule has 2 N–H and O–H groups in total. The minimum absolute atomic E-state index is 0.0823. The lowest BCUT2D eigenvalue weighted by atomic mass is 10.1. The Kier molecular flexibility index (Phi) is 9.53. The molecule has 0 fully saturated rings. The van der Waals surface area contributed by atoms with Gasteiger partial charge in [-0.1, -0.05) is 43.7 Å². The second-order valence-electron chi connectivity index (χ2n) is 6.08. The van der Waals surface area contributed by atoms with Crippen LogP contribution in [0.4, 0.5) is 4.79 Å². The van der Waals surface area contributed by atoms with Crippen LogP contribution in [-0.2, 0) is 4.74 Å². The van der Waals surface area contributed by atoms with E-state index >= 15 is 0 Å². The van der Waals surface area contributed by atoms with E-state index < -0.39 is 17.8 Å². The van der Waals surface area contributed by atoms with E-state index in [-0.39, 0.29) is 19.7 Å². The van der Waals surface area contributed by atoms with Gasteiger partial charge in [0.25, 0.3) is 0 Å². The highest BCUT2D eigenvalue weighted by Crippen LogP contribution is 2.17. The molecule has 0 spiro atoms. The van der Waals surface area contributed by atoms with Gasteiger partial charge in [-0.2, -0.15) is 0 Å². The molecular formula is C18H31NO4. The van der Waals surface area contributed by atoms with Crippen LogP contribution in [0.1, 0.15) is 51.8 Å². The lowest BCUT2D eigenvalue weighted by Gasteiger charge is -2.28. The van der Waals surface area contributed by atoms with Crippen molar-refractivity contribution in [2.24, 2.45) is 0 Å². The van der Waals surface area contributed by atoms with Crippen molar-refractivity contribution in [3.05, 3.63) is 35.4 Å². The molecular weight excluding hydrogens is 294 g/mol. The van der Waals surface area contributed by atoms with Gasteiger partial charge >= 0.3 is 6.09 Å². The second-order valence-corrected chi connectivity index (χ2v) is 6.08. The zero-order valence-electron chi connectivity index (χ0n) is 15.2. The van der Waals surface area contributed by atoms with Gasteiger partial charge in [-0.05, 0) is 33.3 Å². The zero-order valence-corrected chi connectivity index (χ0v) is 15.2. The maximum absolute atomic E-state index is 12.1. The van der Waals surface area contributed by atoms with E-state index in [4.69, 9.17) is 9.84 Å². The van der Waals surface area contributed by atoms with Crippen LogP contribution in [0, 0.1) is 6.92 Å². The van der Waals surface area contributed by atoms with Gasteiger partial charge in [-0.3, -0.25) is 0 Å². The Labute approximate surface area is 139 Å². The molecule has 0 aliphatic carbocycles. The minimum atomic E-state index is -0.816. The average Bonchev–Trinajstić information content (AvgIpc) is 2.47. The molecule has 0 aromatic heterocycles. The van der Waals surface area contributed by atoms with E-state index in [1.807, 2.05) is 45.0 Å². The van der Waals surface area contributed by atoms with Crippen molar-refractivity contribution in [3.63, 3.8) is 0 Å². The highest BCUT2D eigenvalue weighted by atomic mass is 16.6. The van der Waals surface area contributed by atoms with Gasteiger partial charge in [0.2, 0.25) is 0 Å². The molecule has 0 aliphatic heterocycles. The number of nitrogens with zero attached hydrogens (tertiary/aromatic N) is 1. The maximum atomic E-state index is 12.1. The number of ether oxygens (including phenoxy) is 1. The molecule has 0 heterocycles. The molecule has 0 aliphatic rings. The third-order valence-corrected chi connectivity index (χ3v) is 2.84. The van der Waals surface area contributed by atoms with E-state index in [0.717, 1.165) is 11.1 Å². The number of carbonyl (C=O) groups is 1. The lowest BCUT2D eigenvalue weighted by molar-refractivity contribution is 0.0109. The summed E-state index contributed by atoms with van der Waals surface area (Å²) in [6.07, 6.45) is -1.35.